The Bertz CT molecular complexity index is 1490. The van der Waals surface area contributed by atoms with Crippen molar-refractivity contribution in [3.8, 4) is 11.8 Å². The van der Waals surface area contributed by atoms with Crippen molar-refractivity contribution in [3.05, 3.63) is 64.7 Å². The quantitative estimate of drug-likeness (QED) is 0.212. The molecule has 0 bridgehead atoms. The number of anilines is 1. The van der Waals surface area contributed by atoms with E-state index in [1.54, 1.807) is 24.3 Å². The Kier molecular flexibility index (Phi) is 7.13. The van der Waals surface area contributed by atoms with Crippen molar-refractivity contribution >= 4 is 60.0 Å². The van der Waals surface area contributed by atoms with Crippen molar-refractivity contribution in [2.24, 2.45) is 0 Å². The number of sulfone groups is 1. The highest BCUT2D eigenvalue weighted by molar-refractivity contribution is 7.92. The zero-order valence-electron chi connectivity index (χ0n) is 16.6. The fourth-order valence-electron chi connectivity index (χ4n) is 2.32. The standard InChI is InChI=1S/C19H13ClN4O6S3/c1-32(26,27)19-24-23-18(31-19)22-17(25)13(11-21)9-12-7-8-16(15(20)10-12)30-33(28,29)14-5-3-2-4-6-14/h2-10H,1H3,(H,22,23,25). The van der Waals surface area contributed by atoms with Gasteiger partial charge in [-0.05, 0) is 35.9 Å². The van der Waals surface area contributed by atoms with E-state index < -0.39 is 25.9 Å². The van der Waals surface area contributed by atoms with Crippen LogP contribution in [0.3, 0.4) is 0 Å². The molecule has 2 aromatic carbocycles. The van der Waals surface area contributed by atoms with Gasteiger partial charge in [-0.1, -0.05) is 47.2 Å². The Hall–Kier alpha value is -3.31. The fourth-order valence-corrected chi connectivity index (χ4v) is 5.06. The second-order valence-corrected chi connectivity index (χ2v) is 11.4. The van der Waals surface area contributed by atoms with E-state index in [1.807, 2.05) is 0 Å². The van der Waals surface area contributed by atoms with Gasteiger partial charge in [0.1, 0.15) is 16.5 Å². The number of amides is 1. The van der Waals surface area contributed by atoms with Crippen LogP contribution in [-0.4, -0.2) is 39.2 Å². The second-order valence-electron chi connectivity index (χ2n) is 6.31. The maximum absolute atomic E-state index is 12.4. The van der Waals surface area contributed by atoms with Crippen LogP contribution in [0.2, 0.25) is 5.02 Å². The highest BCUT2D eigenvalue weighted by Gasteiger charge is 2.19. The highest BCUT2D eigenvalue weighted by atomic mass is 35.5. The molecule has 0 saturated heterocycles. The monoisotopic (exact) mass is 524 g/mol. The van der Waals surface area contributed by atoms with Crippen LogP contribution in [0.25, 0.3) is 6.08 Å². The molecule has 0 radical (unpaired) electrons. The average Bonchev–Trinajstić information content (AvgIpc) is 3.23. The number of hydrogen-bond acceptors (Lipinski definition) is 10. The molecule has 0 fully saturated rings. The van der Waals surface area contributed by atoms with E-state index in [0.717, 1.165) is 6.26 Å². The molecule has 0 aliphatic rings. The van der Waals surface area contributed by atoms with Gasteiger partial charge in [0.15, 0.2) is 5.75 Å². The summed E-state index contributed by atoms with van der Waals surface area (Å²) < 4.78 is 52.4. The minimum absolute atomic E-state index is 0.0517. The van der Waals surface area contributed by atoms with E-state index in [4.69, 9.17) is 15.8 Å². The summed E-state index contributed by atoms with van der Waals surface area (Å²) >= 11 is 6.77. The lowest BCUT2D eigenvalue weighted by molar-refractivity contribution is -0.112. The largest absolute Gasteiger partial charge is 0.377 e. The molecule has 0 aliphatic carbocycles. The number of nitrogens with one attached hydrogen (secondary N) is 1. The summed E-state index contributed by atoms with van der Waals surface area (Å²) in [5.74, 6) is -0.986. The number of benzene rings is 2. The molecular formula is C19H13ClN4O6S3. The van der Waals surface area contributed by atoms with Crippen molar-refractivity contribution in [3.63, 3.8) is 0 Å². The molecule has 3 aromatic rings. The maximum Gasteiger partial charge on any atom is 0.339 e. The van der Waals surface area contributed by atoms with Crippen LogP contribution in [-0.2, 0) is 24.7 Å². The lowest BCUT2D eigenvalue weighted by Gasteiger charge is -2.09. The molecule has 10 nitrogen and oxygen atoms in total. The van der Waals surface area contributed by atoms with E-state index in [1.165, 1.54) is 36.4 Å². The number of nitriles is 1. The molecule has 1 amide bonds. The summed E-state index contributed by atoms with van der Waals surface area (Å²) in [4.78, 5) is 12.3. The minimum atomic E-state index is -4.10. The molecule has 0 spiro atoms. The van der Waals surface area contributed by atoms with Crippen LogP contribution < -0.4 is 9.50 Å². The summed E-state index contributed by atoms with van der Waals surface area (Å²) in [7, 11) is -7.69. The molecule has 1 heterocycles. The lowest BCUT2D eigenvalue weighted by atomic mass is 10.1. The predicted octanol–water partition coefficient (Wildman–Crippen LogP) is 2.91. The van der Waals surface area contributed by atoms with Gasteiger partial charge >= 0.3 is 10.1 Å². The Morgan fingerprint density at radius 3 is 2.42 bits per heavy atom. The Morgan fingerprint density at radius 2 is 1.85 bits per heavy atom. The van der Waals surface area contributed by atoms with E-state index in [2.05, 4.69) is 15.5 Å². The third-order valence-corrected chi connectivity index (χ3v) is 7.86. The zero-order valence-corrected chi connectivity index (χ0v) is 19.8. The lowest BCUT2D eigenvalue weighted by Crippen LogP contribution is -2.13. The zero-order chi connectivity index (χ0) is 24.2. The summed E-state index contributed by atoms with van der Waals surface area (Å²) in [6.45, 7) is 0. The number of rotatable bonds is 7. The molecular weight excluding hydrogens is 512 g/mol. The van der Waals surface area contributed by atoms with Crippen LogP contribution in [0.1, 0.15) is 5.56 Å². The highest BCUT2D eigenvalue weighted by Crippen LogP contribution is 2.29. The molecule has 0 saturated carbocycles. The first-order valence-corrected chi connectivity index (χ1v) is 13.2. The topological polar surface area (TPSA) is 156 Å². The fraction of sp³-hybridized carbons (Fsp3) is 0.0526. The van der Waals surface area contributed by atoms with E-state index in [-0.39, 0.29) is 30.7 Å². The Morgan fingerprint density at radius 1 is 1.15 bits per heavy atom. The SMILES string of the molecule is CS(=O)(=O)c1nnc(NC(=O)C(C#N)=Cc2ccc(OS(=O)(=O)c3ccccc3)c(Cl)c2)s1. The van der Waals surface area contributed by atoms with Gasteiger partial charge in [-0.3, -0.25) is 10.1 Å². The van der Waals surface area contributed by atoms with Crippen molar-refractivity contribution in [2.75, 3.05) is 11.6 Å². The van der Waals surface area contributed by atoms with Gasteiger partial charge in [0.25, 0.3) is 5.91 Å². The van der Waals surface area contributed by atoms with Crippen LogP contribution in [0.4, 0.5) is 5.13 Å². The third-order valence-electron chi connectivity index (χ3n) is 3.81. The smallest absolute Gasteiger partial charge is 0.339 e. The van der Waals surface area contributed by atoms with Crippen LogP contribution in [0.5, 0.6) is 5.75 Å². The van der Waals surface area contributed by atoms with Crippen molar-refractivity contribution < 1.29 is 25.8 Å². The summed E-state index contributed by atoms with van der Waals surface area (Å²) in [6.07, 6.45) is 2.15. The van der Waals surface area contributed by atoms with Gasteiger partial charge in [0, 0.05) is 6.26 Å². The van der Waals surface area contributed by atoms with Gasteiger partial charge in [-0.2, -0.15) is 13.7 Å². The Balaban J connectivity index is 1.79. The average molecular weight is 525 g/mol. The van der Waals surface area contributed by atoms with Crippen molar-refractivity contribution in [1.82, 2.24) is 10.2 Å². The first-order valence-electron chi connectivity index (χ1n) is 8.75. The van der Waals surface area contributed by atoms with Gasteiger partial charge in [-0.25, -0.2) is 8.42 Å². The molecule has 14 heteroatoms. The van der Waals surface area contributed by atoms with Crippen molar-refractivity contribution in [1.29, 1.82) is 5.26 Å². The van der Waals surface area contributed by atoms with Crippen molar-refractivity contribution in [2.45, 2.75) is 9.24 Å². The number of halogens is 1. The first kappa shape index (κ1) is 24.3. The number of carbonyl (C=O) groups is 1. The molecule has 0 aliphatic heterocycles. The van der Waals surface area contributed by atoms with Crippen LogP contribution in [0, 0.1) is 11.3 Å². The predicted molar refractivity (Wildman–Crippen MR) is 121 cm³/mol. The van der Waals surface area contributed by atoms with E-state index in [0.29, 0.717) is 16.9 Å². The first-order chi connectivity index (χ1) is 15.5. The Labute approximate surface area is 198 Å². The van der Waals surface area contributed by atoms with Gasteiger partial charge in [-0.15, -0.1) is 10.2 Å². The summed E-state index contributed by atoms with van der Waals surface area (Å²) in [6, 6.07) is 13.2. The van der Waals surface area contributed by atoms with Crippen LogP contribution in [0.15, 0.2) is 63.3 Å². The van der Waals surface area contributed by atoms with Crippen LogP contribution >= 0.6 is 22.9 Å². The summed E-state index contributed by atoms with van der Waals surface area (Å²) in [5.41, 5.74) is -0.0296. The second kappa shape index (κ2) is 9.67. The number of aromatic nitrogens is 2. The van der Waals surface area contributed by atoms with Gasteiger partial charge in [0.2, 0.25) is 19.3 Å². The minimum Gasteiger partial charge on any atom is -0.377 e. The summed E-state index contributed by atoms with van der Waals surface area (Å²) in [5, 5.41) is 18.5. The number of carbonyl (C=O) groups excluding carboxylic acids is 1. The molecule has 1 N–H and O–H groups in total. The molecule has 170 valence electrons. The number of hydrogen-bond donors (Lipinski definition) is 1. The van der Waals surface area contributed by atoms with Gasteiger partial charge < -0.3 is 4.18 Å². The number of nitrogens with zero attached hydrogens (tertiary/aromatic N) is 3. The normalized spacial score (nSPS) is 12.1. The maximum atomic E-state index is 12.4. The molecule has 3 rings (SSSR count). The molecule has 0 atom stereocenters. The molecule has 1 aromatic heterocycles. The van der Waals surface area contributed by atoms with Gasteiger partial charge in [0.05, 0.1) is 5.02 Å². The third kappa shape index (κ3) is 6.14. The molecule has 33 heavy (non-hydrogen) atoms. The van der Waals surface area contributed by atoms with E-state index in [9.17, 15) is 26.9 Å². The molecule has 0 unspecified atom stereocenters. The van der Waals surface area contributed by atoms with E-state index >= 15 is 0 Å².